The molecule has 0 unspecified atom stereocenters. The molecule has 0 aromatic rings. The van der Waals surface area contributed by atoms with Crippen molar-refractivity contribution in [1.29, 1.82) is 0 Å². The molecule has 0 N–H and O–H groups in total. The third-order valence-electron chi connectivity index (χ3n) is 5.16. The van der Waals surface area contributed by atoms with Crippen LogP contribution in [0.1, 0.15) is 110 Å². The van der Waals surface area contributed by atoms with E-state index in [1.54, 1.807) is 12.3 Å². The summed E-state index contributed by atoms with van der Waals surface area (Å²) in [5.41, 5.74) is 0. The number of rotatable bonds is 17. The van der Waals surface area contributed by atoms with Crippen LogP contribution in [0.25, 0.3) is 0 Å². The van der Waals surface area contributed by atoms with Crippen molar-refractivity contribution in [2.45, 2.75) is 110 Å². The minimum atomic E-state index is -0.860. The Kier molecular flexibility index (Phi) is 16.6. The van der Waals surface area contributed by atoms with Crippen molar-refractivity contribution in [3.63, 3.8) is 0 Å². The fraction of sp³-hybridized carbons (Fsp3) is 1.00. The van der Waals surface area contributed by atoms with E-state index < -0.39 is 7.26 Å². The van der Waals surface area contributed by atoms with Crippen LogP contribution in [-0.2, 0) is 0 Å². The monoisotopic (exact) mass is 330 g/mol. The molecule has 0 spiro atoms. The van der Waals surface area contributed by atoms with E-state index in [-0.39, 0.29) is 0 Å². The van der Waals surface area contributed by atoms with Gasteiger partial charge in [0.1, 0.15) is 0 Å². The van der Waals surface area contributed by atoms with Crippen LogP contribution in [0.15, 0.2) is 0 Å². The van der Waals surface area contributed by atoms with E-state index >= 15 is 0 Å². The van der Waals surface area contributed by atoms with Crippen molar-refractivity contribution in [1.82, 2.24) is 0 Å². The molecule has 0 bridgehead atoms. The van der Waals surface area contributed by atoms with Gasteiger partial charge in [0.25, 0.3) is 0 Å². The Morgan fingerprint density at radius 1 is 0.409 bits per heavy atom. The first kappa shape index (κ1) is 22.4. The van der Waals surface area contributed by atoms with Gasteiger partial charge >= 0.3 is 143 Å². The molecule has 0 fully saturated rings. The van der Waals surface area contributed by atoms with Gasteiger partial charge in [0.2, 0.25) is 0 Å². The molecule has 22 heavy (non-hydrogen) atoms. The van der Waals surface area contributed by atoms with Crippen LogP contribution in [0.2, 0.25) is 0 Å². The maximum atomic E-state index is 2.63. The molecular formula is C21H47P. The third kappa shape index (κ3) is 16.8. The van der Waals surface area contributed by atoms with Crippen molar-refractivity contribution in [2.75, 3.05) is 25.7 Å². The number of unbranched alkanes of at least 4 members (excludes halogenated alkanes) is 13. The molecular weight excluding hydrogens is 283 g/mol. The van der Waals surface area contributed by atoms with Gasteiger partial charge < -0.3 is 0 Å². The Hall–Kier alpha value is 0.430. The molecule has 0 rings (SSSR count). The molecule has 0 amide bonds. The maximum absolute atomic E-state index is 2.63. The van der Waals surface area contributed by atoms with Crippen LogP contribution < -0.4 is 0 Å². The fourth-order valence-corrected chi connectivity index (χ4v) is 6.09. The van der Waals surface area contributed by atoms with Crippen molar-refractivity contribution in [2.24, 2.45) is 0 Å². The van der Waals surface area contributed by atoms with Gasteiger partial charge in [-0.25, -0.2) is 0 Å². The first-order valence-corrected chi connectivity index (χ1v) is 14.0. The Morgan fingerprint density at radius 2 is 0.682 bits per heavy atom. The fourth-order valence-electron chi connectivity index (χ4n) is 3.42. The van der Waals surface area contributed by atoms with Gasteiger partial charge in [-0.15, -0.1) is 0 Å². The predicted octanol–water partition coefficient (Wildman–Crippen LogP) is 7.89. The summed E-state index contributed by atoms with van der Waals surface area (Å²) in [5, 5.41) is 0. The van der Waals surface area contributed by atoms with E-state index in [9.17, 15) is 0 Å². The Morgan fingerprint density at radius 3 is 1.00 bits per heavy atom. The molecule has 136 valence electrons. The molecule has 0 aliphatic carbocycles. The van der Waals surface area contributed by atoms with E-state index in [2.05, 4.69) is 27.2 Å². The minimum absolute atomic E-state index is 0.860. The van der Waals surface area contributed by atoms with Gasteiger partial charge in [0, 0.05) is 0 Å². The van der Waals surface area contributed by atoms with Crippen LogP contribution in [-0.4, -0.2) is 25.7 Å². The summed E-state index contributed by atoms with van der Waals surface area (Å²) in [4.78, 5) is 0. The Bertz CT molecular complexity index is 210. The standard InChI is InChI=1S/C21H47P/c1-5-7-9-11-13-15-17-19-21-22(3,4)20-18-16-14-12-10-8-6-2/h22H,5-21H2,1-4H3. The summed E-state index contributed by atoms with van der Waals surface area (Å²) >= 11 is 0. The zero-order valence-corrected chi connectivity index (χ0v) is 17.5. The van der Waals surface area contributed by atoms with Crippen LogP contribution in [0.4, 0.5) is 0 Å². The summed E-state index contributed by atoms with van der Waals surface area (Å²) in [6, 6.07) is 0. The van der Waals surface area contributed by atoms with E-state index in [0.717, 1.165) is 0 Å². The molecule has 0 atom stereocenters. The second-order valence-corrected chi connectivity index (χ2v) is 13.6. The van der Waals surface area contributed by atoms with Crippen molar-refractivity contribution >= 4 is 7.26 Å². The molecule has 0 saturated carbocycles. The summed E-state index contributed by atoms with van der Waals surface area (Å²) in [5.74, 6) is 0. The Labute approximate surface area is 143 Å². The van der Waals surface area contributed by atoms with Gasteiger partial charge in [0.05, 0.1) is 0 Å². The predicted molar refractivity (Wildman–Crippen MR) is 111 cm³/mol. The zero-order valence-electron chi connectivity index (χ0n) is 16.5. The topological polar surface area (TPSA) is 0 Å². The number of hydrogen-bond acceptors (Lipinski definition) is 0. The first-order chi connectivity index (χ1) is 10.6. The third-order valence-corrected chi connectivity index (χ3v) is 8.58. The molecule has 0 nitrogen and oxygen atoms in total. The van der Waals surface area contributed by atoms with Crippen LogP contribution in [0, 0.1) is 0 Å². The molecule has 1 heteroatoms. The summed E-state index contributed by atoms with van der Waals surface area (Å²) in [6.07, 6.45) is 25.2. The second kappa shape index (κ2) is 16.3. The normalized spacial score (nSPS) is 12.7. The van der Waals surface area contributed by atoms with Gasteiger partial charge in [-0.1, -0.05) is 0 Å². The van der Waals surface area contributed by atoms with Gasteiger partial charge in [-0.2, -0.15) is 0 Å². The van der Waals surface area contributed by atoms with Crippen LogP contribution in [0.5, 0.6) is 0 Å². The van der Waals surface area contributed by atoms with E-state index in [4.69, 9.17) is 0 Å². The summed E-state index contributed by atoms with van der Waals surface area (Å²) in [6.45, 7) is 9.87. The number of hydrogen-bond donors (Lipinski definition) is 0. The summed E-state index contributed by atoms with van der Waals surface area (Å²) in [7, 11) is -0.860. The van der Waals surface area contributed by atoms with E-state index in [0.29, 0.717) is 0 Å². The zero-order chi connectivity index (χ0) is 16.5. The van der Waals surface area contributed by atoms with E-state index in [1.165, 1.54) is 96.3 Å². The van der Waals surface area contributed by atoms with Gasteiger partial charge in [-0.3, -0.25) is 0 Å². The molecule has 0 aliphatic heterocycles. The average molecular weight is 331 g/mol. The van der Waals surface area contributed by atoms with E-state index in [1.807, 2.05) is 0 Å². The first-order valence-electron chi connectivity index (χ1n) is 10.6. The molecule has 0 heterocycles. The molecule has 0 aromatic heterocycles. The molecule has 0 saturated heterocycles. The van der Waals surface area contributed by atoms with Crippen molar-refractivity contribution in [3.8, 4) is 0 Å². The second-order valence-electron chi connectivity index (χ2n) is 8.26. The van der Waals surface area contributed by atoms with Gasteiger partial charge in [-0.05, 0) is 0 Å². The molecule has 0 aromatic carbocycles. The quantitative estimate of drug-likeness (QED) is 0.188. The van der Waals surface area contributed by atoms with Crippen LogP contribution >= 0.6 is 7.26 Å². The summed E-state index contributed by atoms with van der Waals surface area (Å²) < 4.78 is 0. The average Bonchev–Trinajstić information content (AvgIpc) is 2.49. The van der Waals surface area contributed by atoms with Crippen LogP contribution in [0.3, 0.4) is 0 Å². The molecule has 0 aliphatic rings. The Balaban J connectivity index is 3.34. The van der Waals surface area contributed by atoms with Crippen molar-refractivity contribution < 1.29 is 0 Å². The van der Waals surface area contributed by atoms with Crippen molar-refractivity contribution in [3.05, 3.63) is 0 Å². The molecule has 0 radical (unpaired) electrons. The van der Waals surface area contributed by atoms with Gasteiger partial charge in [0.15, 0.2) is 0 Å². The SMILES string of the molecule is CCCCCCCCCC[PH](C)(C)CCCCCCCCC.